The SMILES string of the molecule is CC(C)NCCCS(=O)(=O)Nc1cccc(F)c1F. The summed E-state index contributed by atoms with van der Waals surface area (Å²) in [7, 11) is -3.67. The molecule has 108 valence electrons. The summed E-state index contributed by atoms with van der Waals surface area (Å²) in [5.41, 5.74) is -0.364. The Kier molecular flexibility index (Phi) is 5.68. The van der Waals surface area contributed by atoms with Crippen LogP contribution in [0.5, 0.6) is 0 Å². The first-order valence-corrected chi connectivity index (χ1v) is 7.65. The molecule has 0 spiro atoms. The van der Waals surface area contributed by atoms with Gasteiger partial charge in [0.25, 0.3) is 0 Å². The zero-order chi connectivity index (χ0) is 14.5. The summed E-state index contributed by atoms with van der Waals surface area (Å²) < 4.78 is 51.6. The number of halogens is 2. The number of rotatable bonds is 7. The van der Waals surface area contributed by atoms with Gasteiger partial charge in [-0.15, -0.1) is 0 Å². The molecule has 1 aromatic carbocycles. The minimum atomic E-state index is -3.67. The number of hydrogen-bond donors (Lipinski definition) is 2. The molecule has 0 aromatic heterocycles. The maximum absolute atomic E-state index is 13.3. The van der Waals surface area contributed by atoms with Crippen LogP contribution in [0.1, 0.15) is 20.3 Å². The smallest absolute Gasteiger partial charge is 0.232 e. The number of benzene rings is 1. The van der Waals surface area contributed by atoms with Gasteiger partial charge in [0.15, 0.2) is 11.6 Å². The Morgan fingerprint density at radius 2 is 1.95 bits per heavy atom. The molecule has 0 amide bonds. The Hall–Kier alpha value is -1.21. The molecule has 0 atom stereocenters. The van der Waals surface area contributed by atoms with Gasteiger partial charge in [-0.1, -0.05) is 19.9 Å². The molecule has 0 unspecified atom stereocenters. The largest absolute Gasteiger partial charge is 0.314 e. The average Bonchev–Trinajstić information content (AvgIpc) is 2.30. The monoisotopic (exact) mass is 292 g/mol. The minimum Gasteiger partial charge on any atom is -0.314 e. The first-order valence-electron chi connectivity index (χ1n) is 6.00. The van der Waals surface area contributed by atoms with Crippen molar-refractivity contribution in [1.82, 2.24) is 5.32 Å². The summed E-state index contributed by atoms with van der Waals surface area (Å²) in [6.07, 6.45) is 0.393. The summed E-state index contributed by atoms with van der Waals surface area (Å²) in [6, 6.07) is 3.63. The normalized spacial score (nSPS) is 11.8. The average molecular weight is 292 g/mol. The van der Waals surface area contributed by atoms with Gasteiger partial charge >= 0.3 is 0 Å². The second-order valence-electron chi connectivity index (χ2n) is 4.48. The molecule has 1 aromatic rings. The molecule has 0 heterocycles. The van der Waals surface area contributed by atoms with Crippen LogP contribution in [0.15, 0.2) is 18.2 Å². The summed E-state index contributed by atoms with van der Waals surface area (Å²) in [4.78, 5) is 0. The highest BCUT2D eigenvalue weighted by molar-refractivity contribution is 7.92. The lowest BCUT2D eigenvalue weighted by Gasteiger charge is -2.10. The highest BCUT2D eigenvalue weighted by atomic mass is 32.2. The fraction of sp³-hybridized carbons (Fsp3) is 0.500. The van der Waals surface area contributed by atoms with E-state index in [0.29, 0.717) is 13.0 Å². The van der Waals surface area contributed by atoms with E-state index in [4.69, 9.17) is 0 Å². The van der Waals surface area contributed by atoms with Crippen LogP contribution in [0.2, 0.25) is 0 Å². The van der Waals surface area contributed by atoms with Gasteiger partial charge < -0.3 is 5.32 Å². The van der Waals surface area contributed by atoms with Crippen LogP contribution in [0.4, 0.5) is 14.5 Å². The third-order valence-corrected chi connectivity index (χ3v) is 3.72. The standard InChI is InChI=1S/C12H18F2N2O2S/c1-9(2)15-7-4-8-19(17,18)16-11-6-3-5-10(13)12(11)14/h3,5-6,9,15-16H,4,7-8H2,1-2H3. The van der Waals surface area contributed by atoms with Crippen LogP contribution in [-0.2, 0) is 10.0 Å². The third kappa shape index (κ3) is 5.52. The van der Waals surface area contributed by atoms with E-state index in [1.165, 1.54) is 12.1 Å². The van der Waals surface area contributed by atoms with E-state index >= 15 is 0 Å². The molecule has 4 nitrogen and oxygen atoms in total. The number of sulfonamides is 1. The summed E-state index contributed by atoms with van der Waals surface area (Å²) >= 11 is 0. The van der Waals surface area contributed by atoms with Gasteiger partial charge in [-0.05, 0) is 25.1 Å². The van der Waals surface area contributed by atoms with Crippen molar-refractivity contribution < 1.29 is 17.2 Å². The molecular weight excluding hydrogens is 274 g/mol. The molecule has 2 N–H and O–H groups in total. The van der Waals surface area contributed by atoms with E-state index in [-0.39, 0.29) is 17.5 Å². The molecule has 0 saturated carbocycles. The molecule has 0 fully saturated rings. The fourth-order valence-electron chi connectivity index (χ4n) is 1.45. The van der Waals surface area contributed by atoms with Gasteiger partial charge in [-0.3, -0.25) is 4.72 Å². The lowest BCUT2D eigenvalue weighted by molar-refractivity contribution is 0.511. The van der Waals surface area contributed by atoms with E-state index < -0.39 is 21.7 Å². The van der Waals surface area contributed by atoms with Crippen LogP contribution < -0.4 is 10.0 Å². The van der Waals surface area contributed by atoms with Gasteiger partial charge in [0.2, 0.25) is 10.0 Å². The Bertz CT molecular complexity index is 518. The Balaban J connectivity index is 2.57. The van der Waals surface area contributed by atoms with Crippen LogP contribution >= 0.6 is 0 Å². The van der Waals surface area contributed by atoms with Crippen molar-refractivity contribution in [1.29, 1.82) is 0 Å². The number of anilines is 1. The Morgan fingerprint density at radius 1 is 1.26 bits per heavy atom. The first-order chi connectivity index (χ1) is 8.82. The minimum absolute atomic E-state index is 0.150. The van der Waals surface area contributed by atoms with E-state index in [1.807, 2.05) is 18.6 Å². The quantitative estimate of drug-likeness (QED) is 0.757. The Labute approximate surface area is 112 Å². The fourth-order valence-corrected chi connectivity index (χ4v) is 2.57. The van der Waals surface area contributed by atoms with Crippen molar-refractivity contribution in [3.8, 4) is 0 Å². The lowest BCUT2D eigenvalue weighted by Crippen LogP contribution is -2.26. The molecule has 0 bridgehead atoms. The maximum Gasteiger partial charge on any atom is 0.232 e. The van der Waals surface area contributed by atoms with Crippen molar-refractivity contribution in [3.63, 3.8) is 0 Å². The first kappa shape index (κ1) is 15.8. The predicted molar refractivity (Wildman–Crippen MR) is 71.5 cm³/mol. The molecule has 7 heteroatoms. The van der Waals surface area contributed by atoms with E-state index in [1.54, 1.807) is 0 Å². The molecule has 0 aliphatic heterocycles. The number of nitrogens with one attached hydrogen (secondary N) is 2. The third-order valence-electron chi connectivity index (χ3n) is 2.36. The molecule has 0 aliphatic carbocycles. The molecule has 0 radical (unpaired) electrons. The zero-order valence-corrected chi connectivity index (χ0v) is 11.7. The van der Waals surface area contributed by atoms with Gasteiger partial charge in [0.1, 0.15) is 0 Å². The van der Waals surface area contributed by atoms with Crippen LogP contribution in [0.3, 0.4) is 0 Å². The maximum atomic E-state index is 13.3. The summed E-state index contributed by atoms with van der Waals surface area (Å²) in [5.74, 6) is -2.42. The van der Waals surface area contributed by atoms with Crippen molar-refractivity contribution in [3.05, 3.63) is 29.8 Å². The molecule has 19 heavy (non-hydrogen) atoms. The van der Waals surface area contributed by atoms with Gasteiger partial charge in [-0.2, -0.15) is 0 Å². The molecule has 1 rings (SSSR count). The van der Waals surface area contributed by atoms with Gasteiger partial charge in [0, 0.05) is 6.04 Å². The number of hydrogen-bond acceptors (Lipinski definition) is 3. The van der Waals surface area contributed by atoms with E-state index in [0.717, 1.165) is 6.07 Å². The highest BCUT2D eigenvalue weighted by Gasteiger charge is 2.15. The molecular formula is C12H18F2N2O2S. The molecule has 0 aliphatic rings. The topological polar surface area (TPSA) is 58.2 Å². The van der Waals surface area contributed by atoms with Gasteiger partial charge in [0.05, 0.1) is 11.4 Å². The van der Waals surface area contributed by atoms with Crippen LogP contribution in [-0.4, -0.2) is 26.8 Å². The summed E-state index contributed by atoms with van der Waals surface area (Å²) in [5, 5.41) is 3.08. The Morgan fingerprint density at radius 3 is 2.58 bits per heavy atom. The van der Waals surface area contributed by atoms with E-state index in [2.05, 4.69) is 5.32 Å². The van der Waals surface area contributed by atoms with Crippen molar-refractivity contribution in [2.75, 3.05) is 17.0 Å². The van der Waals surface area contributed by atoms with Crippen LogP contribution in [0, 0.1) is 11.6 Å². The second-order valence-corrected chi connectivity index (χ2v) is 6.33. The van der Waals surface area contributed by atoms with Crippen molar-refractivity contribution in [2.45, 2.75) is 26.3 Å². The highest BCUT2D eigenvalue weighted by Crippen LogP contribution is 2.17. The lowest BCUT2D eigenvalue weighted by atomic mass is 10.3. The van der Waals surface area contributed by atoms with Crippen molar-refractivity contribution >= 4 is 15.7 Å². The zero-order valence-electron chi connectivity index (χ0n) is 10.9. The predicted octanol–water partition coefficient (Wildman–Crippen LogP) is 2.09. The van der Waals surface area contributed by atoms with Gasteiger partial charge in [-0.25, -0.2) is 17.2 Å². The molecule has 0 saturated heterocycles. The van der Waals surface area contributed by atoms with E-state index in [9.17, 15) is 17.2 Å². The van der Waals surface area contributed by atoms with Crippen molar-refractivity contribution in [2.24, 2.45) is 0 Å². The second kappa shape index (κ2) is 6.81. The summed E-state index contributed by atoms with van der Waals surface area (Å²) in [6.45, 7) is 4.45. The van der Waals surface area contributed by atoms with Crippen LogP contribution in [0.25, 0.3) is 0 Å².